The number of carbonyl (C=O) groups is 1. The van der Waals surface area contributed by atoms with Gasteiger partial charge in [-0.3, -0.25) is 4.79 Å². The molecule has 24 heavy (non-hydrogen) atoms. The number of aromatic nitrogens is 1. The molecule has 7 heteroatoms. The number of methoxy groups -OCH3 is 1. The fourth-order valence-electron chi connectivity index (χ4n) is 2.37. The second kappa shape index (κ2) is 6.45. The van der Waals surface area contributed by atoms with Crippen molar-refractivity contribution in [2.45, 2.75) is 0 Å². The van der Waals surface area contributed by atoms with Crippen LogP contribution in [0.3, 0.4) is 0 Å². The molecule has 0 aliphatic rings. The molecule has 3 aromatic rings. The summed E-state index contributed by atoms with van der Waals surface area (Å²) in [5.41, 5.74) is 1.44. The molecule has 0 saturated carbocycles. The van der Waals surface area contributed by atoms with Gasteiger partial charge in [-0.05, 0) is 42.5 Å². The maximum Gasteiger partial charge on any atom is 0.295 e. The highest BCUT2D eigenvalue weighted by Crippen LogP contribution is 2.39. The zero-order chi connectivity index (χ0) is 17.3. The van der Waals surface area contributed by atoms with E-state index >= 15 is 0 Å². The molecule has 6 nitrogen and oxygen atoms in total. The van der Waals surface area contributed by atoms with Crippen LogP contribution in [0.4, 0.5) is 5.69 Å². The third-order valence-electron chi connectivity index (χ3n) is 3.68. The number of carbonyl (C=O) groups excluding carboxylic acids is 1. The van der Waals surface area contributed by atoms with E-state index in [2.05, 4.69) is 26.2 Å². The summed E-state index contributed by atoms with van der Waals surface area (Å²) in [7, 11) is 3.27. The number of aryl methyl sites for hydroxylation is 1. The quantitative estimate of drug-likeness (QED) is 0.668. The van der Waals surface area contributed by atoms with Gasteiger partial charge in [0.2, 0.25) is 5.88 Å². The van der Waals surface area contributed by atoms with Crippen molar-refractivity contribution in [3.63, 3.8) is 0 Å². The third-order valence-corrected chi connectivity index (χ3v) is 4.18. The highest BCUT2D eigenvalue weighted by atomic mass is 79.9. The summed E-state index contributed by atoms with van der Waals surface area (Å²) < 4.78 is 7.49. The fourth-order valence-corrected chi connectivity index (χ4v) is 2.73. The first-order chi connectivity index (χ1) is 11.5. The number of halogens is 1. The normalized spacial score (nSPS) is 11.3. The maximum absolute atomic E-state index is 12.1. The van der Waals surface area contributed by atoms with Gasteiger partial charge in [0.05, 0.1) is 12.6 Å². The molecular weight excluding hydrogens is 374 g/mol. The molecule has 3 rings (SSSR count). The number of azo groups is 1. The summed E-state index contributed by atoms with van der Waals surface area (Å²) in [6.45, 7) is 0. The van der Waals surface area contributed by atoms with E-state index in [0.717, 1.165) is 9.99 Å². The van der Waals surface area contributed by atoms with Crippen LogP contribution in [0.25, 0.3) is 10.9 Å². The van der Waals surface area contributed by atoms with Crippen LogP contribution in [-0.4, -0.2) is 22.7 Å². The number of nitrogens with zero attached hydrogens (tertiary/aromatic N) is 3. The van der Waals surface area contributed by atoms with Gasteiger partial charge in [0.15, 0.2) is 5.69 Å². The van der Waals surface area contributed by atoms with Gasteiger partial charge in [-0.2, -0.15) is 0 Å². The van der Waals surface area contributed by atoms with Crippen molar-refractivity contribution in [1.29, 1.82) is 0 Å². The van der Waals surface area contributed by atoms with Crippen molar-refractivity contribution in [2.75, 3.05) is 7.11 Å². The van der Waals surface area contributed by atoms with Crippen LogP contribution in [0.2, 0.25) is 0 Å². The van der Waals surface area contributed by atoms with E-state index in [4.69, 9.17) is 4.74 Å². The van der Waals surface area contributed by atoms with Crippen LogP contribution in [0.1, 0.15) is 10.4 Å². The standard InChI is InChI=1S/C17H14BrN3O3/c1-21-14-8-5-11(18)9-13(14)15(17(21)23)19-20-16(22)10-3-6-12(24-2)7-4-10/h3-9,23H,1-2H3. The molecule has 0 bridgehead atoms. The number of aromatic hydroxyl groups is 1. The molecule has 1 heterocycles. The Morgan fingerprint density at radius 2 is 1.92 bits per heavy atom. The Kier molecular flexibility index (Phi) is 4.35. The number of rotatable bonds is 3. The zero-order valence-electron chi connectivity index (χ0n) is 13.0. The summed E-state index contributed by atoms with van der Waals surface area (Å²) in [5, 5.41) is 18.6. The Labute approximate surface area is 146 Å². The predicted molar refractivity (Wildman–Crippen MR) is 94.1 cm³/mol. The third kappa shape index (κ3) is 2.90. The fraction of sp³-hybridized carbons (Fsp3) is 0.118. The minimum atomic E-state index is -0.496. The van der Waals surface area contributed by atoms with Gasteiger partial charge in [-0.15, -0.1) is 10.2 Å². The van der Waals surface area contributed by atoms with Crippen LogP contribution >= 0.6 is 15.9 Å². The molecule has 1 amide bonds. The molecule has 2 aromatic carbocycles. The summed E-state index contributed by atoms with van der Waals surface area (Å²) in [5.74, 6) is 0.110. The van der Waals surface area contributed by atoms with Crippen LogP contribution in [0.15, 0.2) is 57.2 Å². The smallest absolute Gasteiger partial charge is 0.295 e. The van der Waals surface area contributed by atoms with Crippen LogP contribution in [0, 0.1) is 0 Å². The van der Waals surface area contributed by atoms with Gasteiger partial charge in [-0.25, -0.2) is 0 Å². The number of benzene rings is 2. The molecule has 1 aromatic heterocycles. The van der Waals surface area contributed by atoms with E-state index in [1.54, 1.807) is 43.0 Å². The van der Waals surface area contributed by atoms with E-state index in [1.165, 1.54) is 0 Å². The Balaban J connectivity index is 1.96. The molecule has 0 aliphatic carbocycles. The Morgan fingerprint density at radius 3 is 2.58 bits per heavy atom. The van der Waals surface area contributed by atoms with Crippen molar-refractivity contribution in [3.05, 3.63) is 52.5 Å². The molecule has 0 unspecified atom stereocenters. The molecule has 0 aliphatic heterocycles. The molecule has 0 spiro atoms. The summed E-state index contributed by atoms with van der Waals surface area (Å²) in [6.07, 6.45) is 0. The van der Waals surface area contributed by atoms with Crippen LogP contribution < -0.4 is 4.74 Å². The van der Waals surface area contributed by atoms with Gasteiger partial charge in [-0.1, -0.05) is 15.9 Å². The molecule has 0 radical (unpaired) electrons. The molecule has 0 saturated heterocycles. The van der Waals surface area contributed by atoms with Crippen LogP contribution in [0.5, 0.6) is 11.6 Å². The van der Waals surface area contributed by atoms with Crippen LogP contribution in [-0.2, 0) is 7.05 Å². The van der Waals surface area contributed by atoms with E-state index in [9.17, 15) is 9.90 Å². The summed E-state index contributed by atoms with van der Waals surface area (Å²) in [4.78, 5) is 12.1. The lowest BCUT2D eigenvalue weighted by molar-refractivity contribution is 0.0995. The number of fused-ring (bicyclic) bond motifs is 1. The molecule has 1 N–H and O–H groups in total. The molecule has 122 valence electrons. The average Bonchev–Trinajstić information content (AvgIpc) is 2.83. The zero-order valence-corrected chi connectivity index (χ0v) is 14.6. The first-order valence-electron chi connectivity index (χ1n) is 7.08. The van der Waals surface area contributed by atoms with Crippen molar-refractivity contribution >= 4 is 38.4 Å². The first-order valence-corrected chi connectivity index (χ1v) is 7.87. The number of amides is 1. The minimum Gasteiger partial charge on any atom is -0.497 e. The first kappa shape index (κ1) is 16.2. The van der Waals surface area contributed by atoms with E-state index in [-0.39, 0.29) is 11.6 Å². The highest BCUT2D eigenvalue weighted by molar-refractivity contribution is 9.10. The number of hydrogen-bond donors (Lipinski definition) is 1. The van der Waals surface area contributed by atoms with E-state index in [0.29, 0.717) is 16.7 Å². The second-order valence-corrected chi connectivity index (χ2v) is 6.04. The van der Waals surface area contributed by atoms with Gasteiger partial charge >= 0.3 is 0 Å². The Morgan fingerprint density at radius 1 is 1.21 bits per heavy atom. The molecular formula is C17H14BrN3O3. The van der Waals surface area contributed by atoms with Gasteiger partial charge in [0, 0.05) is 22.5 Å². The molecule has 0 fully saturated rings. The van der Waals surface area contributed by atoms with Gasteiger partial charge in [0.25, 0.3) is 5.91 Å². The van der Waals surface area contributed by atoms with Gasteiger partial charge in [0.1, 0.15) is 5.75 Å². The second-order valence-electron chi connectivity index (χ2n) is 5.13. The van der Waals surface area contributed by atoms with Crippen molar-refractivity contribution in [3.8, 4) is 11.6 Å². The van der Waals surface area contributed by atoms with E-state index < -0.39 is 5.91 Å². The number of ether oxygens (including phenoxy) is 1. The lowest BCUT2D eigenvalue weighted by Gasteiger charge is -1.99. The topological polar surface area (TPSA) is 76.2 Å². The van der Waals surface area contributed by atoms with Crippen molar-refractivity contribution in [1.82, 2.24) is 4.57 Å². The number of hydrogen-bond acceptors (Lipinski definition) is 4. The summed E-state index contributed by atoms with van der Waals surface area (Å²) in [6, 6.07) is 12.1. The Bertz CT molecular complexity index is 946. The lowest BCUT2D eigenvalue weighted by Crippen LogP contribution is -1.93. The van der Waals surface area contributed by atoms with E-state index in [1.807, 2.05) is 18.2 Å². The summed E-state index contributed by atoms with van der Waals surface area (Å²) >= 11 is 3.39. The highest BCUT2D eigenvalue weighted by Gasteiger charge is 2.15. The minimum absolute atomic E-state index is 0.0469. The lowest BCUT2D eigenvalue weighted by atomic mass is 10.2. The SMILES string of the molecule is COc1ccc(C(=O)N=Nc2c(O)n(C)c3ccc(Br)cc23)cc1. The monoisotopic (exact) mass is 387 g/mol. The molecule has 0 atom stereocenters. The van der Waals surface area contributed by atoms with Gasteiger partial charge < -0.3 is 14.4 Å². The average molecular weight is 388 g/mol. The Hall–Kier alpha value is -2.67. The largest absolute Gasteiger partial charge is 0.497 e. The maximum atomic E-state index is 12.1. The van der Waals surface area contributed by atoms with Crippen molar-refractivity contribution in [2.24, 2.45) is 17.3 Å². The van der Waals surface area contributed by atoms with Crippen molar-refractivity contribution < 1.29 is 14.6 Å². The predicted octanol–water partition coefficient (Wildman–Crippen LogP) is 4.58.